The Balaban J connectivity index is 3.25. The largest absolute Gasteiger partial charge is 0.246 e. The first-order valence-electron chi connectivity index (χ1n) is 4.24. The molecule has 80 valence electrons. The average molecular weight is 237 g/mol. The molecule has 0 amide bonds. The number of hydrogen-bond acceptors (Lipinski definition) is 4. The molecule has 4 nitrogen and oxygen atoms in total. The van der Waals surface area contributed by atoms with E-state index in [-0.39, 0.29) is 17.2 Å². The van der Waals surface area contributed by atoms with Crippen LogP contribution in [0.1, 0.15) is 0 Å². The van der Waals surface area contributed by atoms with E-state index >= 15 is 0 Å². The predicted octanol–water partition coefficient (Wildman–Crippen LogP) is 1.91. The second kappa shape index (κ2) is 5.79. The summed E-state index contributed by atoms with van der Waals surface area (Å²) in [7, 11) is 0. The second-order valence-electron chi connectivity index (χ2n) is 2.80. The first-order valence-corrected chi connectivity index (χ1v) is 4.77. The van der Waals surface area contributed by atoms with Gasteiger partial charge in [-0.2, -0.15) is 20.5 Å². The Kier molecular flexibility index (Phi) is 4.38. The summed E-state index contributed by atoms with van der Waals surface area (Å²) in [5.74, 6) is 0.112. The zero-order valence-corrected chi connectivity index (χ0v) is 8.87. The summed E-state index contributed by atoms with van der Waals surface area (Å²) in [5.41, 5.74) is 1.28. The Bertz CT molecular complexity index is 442. The van der Waals surface area contributed by atoms with Crippen molar-refractivity contribution in [2.24, 2.45) is 9.98 Å². The Labute approximate surface area is 96.7 Å². The SMILES string of the molecule is N#CN=C1C=C(CCl)C(=NC#N)C=C1CF. The lowest BCUT2D eigenvalue weighted by molar-refractivity contribution is 0.553. The van der Waals surface area contributed by atoms with Crippen molar-refractivity contribution in [1.82, 2.24) is 0 Å². The van der Waals surface area contributed by atoms with Gasteiger partial charge in [0.1, 0.15) is 6.67 Å². The van der Waals surface area contributed by atoms with Crippen molar-refractivity contribution >= 4 is 23.0 Å². The molecule has 0 aromatic rings. The van der Waals surface area contributed by atoms with Gasteiger partial charge in [0.05, 0.1) is 11.4 Å². The lowest BCUT2D eigenvalue weighted by Crippen LogP contribution is -2.15. The molecule has 1 aliphatic rings. The van der Waals surface area contributed by atoms with Crippen molar-refractivity contribution in [3.8, 4) is 12.4 Å². The molecule has 0 aromatic carbocycles. The maximum Gasteiger partial charge on any atom is 0.206 e. The lowest BCUT2D eigenvalue weighted by Gasteiger charge is -2.12. The van der Waals surface area contributed by atoms with Crippen LogP contribution in [0.2, 0.25) is 0 Å². The molecule has 0 unspecified atom stereocenters. The van der Waals surface area contributed by atoms with Crippen LogP contribution in [0.25, 0.3) is 0 Å². The summed E-state index contributed by atoms with van der Waals surface area (Å²) in [4.78, 5) is 6.99. The Morgan fingerprint density at radius 1 is 1.12 bits per heavy atom. The summed E-state index contributed by atoms with van der Waals surface area (Å²) in [6, 6.07) is 0. The third-order valence-corrected chi connectivity index (χ3v) is 2.20. The van der Waals surface area contributed by atoms with Gasteiger partial charge in [-0.1, -0.05) is 0 Å². The van der Waals surface area contributed by atoms with Crippen LogP contribution in [-0.2, 0) is 0 Å². The molecule has 16 heavy (non-hydrogen) atoms. The van der Waals surface area contributed by atoms with Gasteiger partial charge in [-0.05, 0) is 17.7 Å². The van der Waals surface area contributed by atoms with Gasteiger partial charge >= 0.3 is 0 Å². The van der Waals surface area contributed by atoms with E-state index in [0.29, 0.717) is 11.3 Å². The molecule has 0 heterocycles. The Hall–Kier alpha value is -1.98. The number of hydrogen-bond donors (Lipinski definition) is 0. The predicted molar refractivity (Wildman–Crippen MR) is 59.0 cm³/mol. The number of allylic oxidation sites excluding steroid dienone is 4. The van der Waals surface area contributed by atoms with E-state index < -0.39 is 6.67 Å². The zero-order valence-electron chi connectivity index (χ0n) is 8.11. The smallest absolute Gasteiger partial charge is 0.206 e. The number of nitrogens with zero attached hydrogens (tertiary/aromatic N) is 4. The number of aliphatic imine (C=N–C) groups is 2. The number of alkyl halides is 2. The minimum Gasteiger partial charge on any atom is -0.246 e. The molecule has 0 aliphatic heterocycles. The van der Waals surface area contributed by atoms with Crippen LogP contribution < -0.4 is 0 Å². The van der Waals surface area contributed by atoms with Crippen LogP contribution in [-0.4, -0.2) is 24.0 Å². The van der Waals surface area contributed by atoms with Gasteiger partial charge < -0.3 is 0 Å². The molecule has 0 aromatic heterocycles. The minimum absolute atomic E-state index is 0.112. The lowest BCUT2D eigenvalue weighted by atomic mass is 9.97. The summed E-state index contributed by atoms with van der Waals surface area (Å²) in [5, 5.41) is 16.9. The van der Waals surface area contributed by atoms with E-state index in [9.17, 15) is 4.39 Å². The van der Waals surface area contributed by atoms with Crippen LogP contribution in [0.3, 0.4) is 0 Å². The maximum absolute atomic E-state index is 12.6. The molecule has 0 atom stereocenters. The Morgan fingerprint density at radius 2 is 1.62 bits per heavy atom. The van der Waals surface area contributed by atoms with Crippen molar-refractivity contribution in [2.75, 3.05) is 12.6 Å². The second-order valence-corrected chi connectivity index (χ2v) is 3.07. The van der Waals surface area contributed by atoms with Crippen LogP contribution in [0, 0.1) is 22.9 Å². The van der Waals surface area contributed by atoms with Crippen LogP contribution in [0.15, 0.2) is 33.3 Å². The maximum atomic E-state index is 12.6. The van der Waals surface area contributed by atoms with E-state index in [4.69, 9.17) is 22.1 Å². The molecule has 6 heteroatoms. The highest BCUT2D eigenvalue weighted by molar-refractivity contribution is 6.30. The molecule has 0 saturated heterocycles. The molecule has 0 spiro atoms. The molecule has 0 radical (unpaired) electrons. The molecule has 0 bridgehead atoms. The topological polar surface area (TPSA) is 72.3 Å². The average Bonchev–Trinajstić information content (AvgIpc) is 2.31. The van der Waals surface area contributed by atoms with E-state index in [1.165, 1.54) is 12.2 Å². The van der Waals surface area contributed by atoms with Gasteiger partial charge in [0, 0.05) is 11.5 Å². The van der Waals surface area contributed by atoms with Gasteiger partial charge in [0.2, 0.25) is 12.4 Å². The van der Waals surface area contributed by atoms with Crippen LogP contribution >= 0.6 is 11.6 Å². The molecule has 1 rings (SSSR count). The van der Waals surface area contributed by atoms with Crippen LogP contribution in [0.4, 0.5) is 4.39 Å². The van der Waals surface area contributed by atoms with E-state index in [1.54, 1.807) is 12.4 Å². The van der Waals surface area contributed by atoms with Crippen molar-refractivity contribution in [1.29, 1.82) is 10.5 Å². The van der Waals surface area contributed by atoms with E-state index in [1.807, 2.05) is 0 Å². The minimum atomic E-state index is -0.781. The first-order chi connectivity index (χ1) is 7.76. The highest BCUT2D eigenvalue weighted by Gasteiger charge is 2.16. The quantitative estimate of drug-likeness (QED) is 0.417. The molecule has 0 N–H and O–H groups in total. The molecular formula is C10H6ClFN4. The number of halogens is 2. The number of nitriles is 2. The van der Waals surface area contributed by atoms with Crippen molar-refractivity contribution in [2.45, 2.75) is 0 Å². The molecule has 1 aliphatic carbocycles. The Morgan fingerprint density at radius 3 is 2.06 bits per heavy atom. The fourth-order valence-electron chi connectivity index (χ4n) is 1.19. The highest BCUT2D eigenvalue weighted by Crippen LogP contribution is 2.16. The van der Waals surface area contributed by atoms with Gasteiger partial charge in [0.25, 0.3) is 0 Å². The first kappa shape index (κ1) is 12.1. The highest BCUT2D eigenvalue weighted by atomic mass is 35.5. The summed E-state index contributed by atoms with van der Waals surface area (Å²) in [6.07, 6.45) is 6.02. The summed E-state index contributed by atoms with van der Waals surface area (Å²) in [6.45, 7) is -0.781. The standard InChI is InChI=1S/C10H6ClFN4/c11-3-7-1-10(16-6-14)8(4-12)2-9(7)15-5-13/h1-2H,3-4H2. The van der Waals surface area contributed by atoms with E-state index in [0.717, 1.165) is 0 Å². The molecule has 0 fully saturated rings. The van der Waals surface area contributed by atoms with Gasteiger partial charge in [-0.3, -0.25) is 0 Å². The van der Waals surface area contributed by atoms with Crippen LogP contribution in [0.5, 0.6) is 0 Å². The molecule has 0 saturated carbocycles. The third-order valence-electron chi connectivity index (χ3n) is 1.91. The summed E-state index contributed by atoms with van der Waals surface area (Å²) >= 11 is 5.65. The molecular weight excluding hydrogens is 231 g/mol. The number of rotatable bonds is 2. The fourth-order valence-corrected chi connectivity index (χ4v) is 1.41. The van der Waals surface area contributed by atoms with Gasteiger partial charge in [-0.25, -0.2) is 4.39 Å². The zero-order chi connectivity index (χ0) is 12.0. The third kappa shape index (κ3) is 2.53. The van der Waals surface area contributed by atoms with Gasteiger partial charge in [0.15, 0.2) is 0 Å². The normalized spacial score (nSPS) is 20.0. The van der Waals surface area contributed by atoms with Crippen molar-refractivity contribution in [3.63, 3.8) is 0 Å². The van der Waals surface area contributed by atoms with E-state index in [2.05, 4.69) is 9.98 Å². The summed E-state index contributed by atoms with van der Waals surface area (Å²) < 4.78 is 12.6. The fraction of sp³-hybridized carbons (Fsp3) is 0.200. The van der Waals surface area contributed by atoms with Crippen molar-refractivity contribution in [3.05, 3.63) is 23.3 Å². The monoisotopic (exact) mass is 236 g/mol. The van der Waals surface area contributed by atoms with Crippen molar-refractivity contribution < 1.29 is 4.39 Å². The van der Waals surface area contributed by atoms with Gasteiger partial charge in [-0.15, -0.1) is 11.6 Å².